The van der Waals surface area contributed by atoms with Crippen molar-refractivity contribution in [2.24, 2.45) is 0 Å². The standard InChI is InChI=1S/C15H23NO8S/c1-8-3-5-9(6-4-8)25(21,22)16-7-10(17)14-12(19)11(18)13(20)15(23-2)24-14/h3-6,10-20H,7H2,1-2H3/t10-,11-,12-,13-,14+,15-/m0/s1. The SMILES string of the molecule is CO[C@H]1O[C@H]([C@@H](O)CNS(=O)(=O)c2ccc(C)cc2)[C@@H](O)[C@H](O)[C@@H]1O. The van der Waals surface area contributed by atoms with Gasteiger partial charge >= 0.3 is 0 Å². The molecule has 0 bridgehead atoms. The van der Waals surface area contributed by atoms with Crippen LogP contribution in [0, 0.1) is 6.92 Å². The Bertz CT molecular complexity index is 663. The number of hydrogen-bond acceptors (Lipinski definition) is 8. The summed E-state index contributed by atoms with van der Waals surface area (Å²) in [5.41, 5.74) is 0.899. The number of nitrogens with one attached hydrogen (secondary N) is 1. The average Bonchev–Trinajstić information content (AvgIpc) is 2.58. The number of ether oxygens (including phenoxy) is 2. The van der Waals surface area contributed by atoms with Crippen LogP contribution in [0.25, 0.3) is 0 Å². The van der Waals surface area contributed by atoms with Gasteiger partial charge in [-0.05, 0) is 19.1 Å². The second-order valence-electron chi connectivity index (χ2n) is 5.91. The van der Waals surface area contributed by atoms with Crippen LogP contribution in [0.15, 0.2) is 29.2 Å². The molecule has 0 saturated carbocycles. The van der Waals surface area contributed by atoms with Gasteiger partial charge in [0.05, 0.1) is 11.0 Å². The van der Waals surface area contributed by atoms with Gasteiger partial charge in [-0.25, -0.2) is 13.1 Å². The van der Waals surface area contributed by atoms with Crippen LogP contribution >= 0.6 is 0 Å². The fraction of sp³-hybridized carbons (Fsp3) is 0.600. The van der Waals surface area contributed by atoms with Crippen molar-refractivity contribution in [1.29, 1.82) is 0 Å². The normalized spacial score (nSPS) is 31.7. The molecule has 0 aliphatic carbocycles. The van der Waals surface area contributed by atoms with Gasteiger partial charge in [-0.1, -0.05) is 17.7 Å². The first-order valence-corrected chi connectivity index (χ1v) is 9.12. The second kappa shape index (κ2) is 8.06. The van der Waals surface area contributed by atoms with Crippen LogP contribution < -0.4 is 4.72 Å². The Balaban J connectivity index is 2.03. The van der Waals surface area contributed by atoms with Crippen LogP contribution in [-0.2, 0) is 19.5 Å². The summed E-state index contributed by atoms with van der Waals surface area (Å²) in [7, 11) is -2.64. The van der Waals surface area contributed by atoms with E-state index in [1.54, 1.807) is 12.1 Å². The monoisotopic (exact) mass is 377 g/mol. The van der Waals surface area contributed by atoms with E-state index in [1.165, 1.54) is 19.2 Å². The number of benzene rings is 1. The van der Waals surface area contributed by atoms with Crippen LogP contribution in [0.3, 0.4) is 0 Å². The van der Waals surface area contributed by atoms with Gasteiger partial charge in [-0.15, -0.1) is 0 Å². The molecule has 0 aromatic heterocycles. The van der Waals surface area contributed by atoms with Crippen molar-refractivity contribution in [2.45, 2.75) is 48.6 Å². The van der Waals surface area contributed by atoms with Crippen molar-refractivity contribution in [3.63, 3.8) is 0 Å². The third-order valence-electron chi connectivity index (χ3n) is 4.03. The Hall–Kier alpha value is -1.11. The predicted octanol–water partition coefficient (Wildman–Crippen LogP) is -1.91. The van der Waals surface area contributed by atoms with Crippen LogP contribution in [0.4, 0.5) is 0 Å². The molecular formula is C15H23NO8S. The van der Waals surface area contributed by atoms with Gasteiger partial charge in [0.1, 0.15) is 24.4 Å². The molecule has 1 aromatic carbocycles. The lowest BCUT2D eigenvalue weighted by molar-refractivity contribution is -0.303. The fourth-order valence-corrected chi connectivity index (χ4v) is 3.55. The first-order chi connectivity index (χ1) is 11.7. The third-order valence-corrected chi connectivity index (χ3v) is 5.47. The first kappa shape index (κ1) is 20.2. The molecule has 1 fully saturated rings. The van der Waals surface area contributed by atoms with E-state index in [2.05, 4.69) is 4.72 Å². The molecule has 5 N–H and O–H groups in total. The quantitative estimate of drug-likeness (QED) is 0.386. The molecule has 1 aliphatic heterocycles. The highest BCUT2D eigenvalue weighted by Crippen LogP contribution is 2.24. The lowest BCUT2D eigenvalue weighted by Crippen LogP contribution is -2.62. The van der Waals surface area contributed by atoms with Gasteiger partial charge in [0, 0.05) is 13.7 Å². The van der Waals surface area contributed by atoms with Crippen molar-refractivity contribution in [1.82, 2.24) is 4.72 Å². The molecule has 10 heteroatoms. The van der Waals surface area contributed by atoms with Crippen molar-refractivity contribution in [3.8, 4) is 0 Å². The van der Waals surface area contributed by atoms with Crippen molar-refractivity contribution in [2.75, 3.05) is 13.7 Å². The fourth-order valence-electron chi connectivity index (χ4n) is 2.50. The lowest BCUT2D eigenvalue weighted by Gasteiger charge is -2.41. The van der Waals surface area contributed by atoms with E-state index in [0.717, 1.165) is 5.56 Å². The molecule has 0 amide bonds. The summed E-state index contributed by atoms with van der Waals surface area (Å²) >= 11 is 0. The summed E-state index contributed by atoms with van der Waals surface area (Å²) in [4.78, 5) is 0.0284. The van der Waals surface area contributed by atoms with E-state index in [-0.39, 0.29) is 4.90 Å². The molecule has 1 aliphatic rings. The number of hydrogen-bond donors (Lipinski definition) is 5. The highest BCUT2D eigenvalue weighted by atomic mass is 32.2. The van der Waals surface area contributed by atoms with Gasteiger partial charge in [-0.2, -0.15) is 0 Å². The maximum Gasteiger partial charge on any atom is 0.240 e. The van der Waals surface area contributed by atoms with Gasteiger partial charge in [0.15, 0.2) is 6.29 Å². The average molecular weight is 377 g/mol. The summed E-state index contributed by atoms with van der Waals surface area (Å²) in [6.07, 6.45) is -8.79. The van der Waals surface area contributed by atoms with E-state index >= 15 is 0 Å². The summed E-state index contributed by atoms with van der Waals surface area (Å²) in [5.74, 6) is 0. The Morgan fingerprint density at radius 2 is 1.76 bits per heavy atom. The van der Waals surface area contributed by atoms with E-state index in [1.807, 2.05) is 6.92 Å². The van der Waals surface area contributed by atoms with Gasteiger partial charge < -0.3 is 29.9 Å². The lowest BCUT2D eigenvalue weighted by atomic mass is 9.95. The largest absolute Gasteiger partial charge is 0.389 e. The number of rotatable bonds is 6. The highest BCUT2D eigenvalue weighted by Gasteiger charge is 2.46. The molecule has 0 spiro atoms. The van der Waals surface area contributed by atoms with Crippen molar-refractivity contribution >= 4 is 10.0 Å². The molecule has 0 unspecified atom stereocenters. The Labute approximate surface area is 145 Å². The molecule has 25 heavy (non-hydrogen) atoms. The highest BCUT2D eigenvalue weighted by molar-refractivity contribution is 7.89. The number of aryl methyl sites for hydroxylation is 1. The minimum atomic E-state index is -3.86. The minimum Gasteiger partial charge on any atom is -0.389 e. The van der Waals surface area contributed by atoms with Crippen molar-refractivity contribution < 1.29 is 38.3 Å². The molecule has 0 radical (unpaired) electrons. The number of aliphatic hydroxyl groups excluding tert-OH is 4. The van der Waals surface area contributed by atoms with Gasteiger partial charge in [0.25, 0.3) is 0 Å². The molecule has 2 rings (SSSR count). The van der Waals surface area contributed by atoms with Crippen LogP contribution in [0.1, 0.15) is 5.56 Å². The van der Waals surface area contributed by atoms with Crippen LogP contribution in [0.2, 0.25) is 0 Å². The third kappa shape index (κ3) is 4.54. The summed E-state index contributed by atoms with van der Waals surface area (Å²) in [6.45, 7) is 1.36. The van der Waals surface area contributed by atoms with Gasteiger partial charge in [0.2, 0.25) is 10.0 Å². The predicted molar refractivity (Wildman–Crippen MR) is 86.1 cm³/mol. The van der Waals surface area contributed by atoms with E-state index in [4.69, 9.17) is 9.47 Å². The molecule has 1 aromatic rings. The number of aliphatic hydroxyl groups is 4. The van der Waals surface area contributed by atoms with Crippen molar-refractivity contribution in [3.05, 3.63) is 29.8 Å². The Morgan fingerprint density at radius 3 is 2.32 bits per heavy atom. The zero-order valence-corrected chi connectivity index (χ0v) is 14.6. The van der Waals surface area contributed by atoms with Crippen LogP contribution in [0.5, 0.6) is 0 Å². The Kier molecular flexibility index (Phi) is 6.51. The minimum absolute atomic E-state index is 0.0284. The smallest absolute Gasteiger partial charge is 0.240 e. The zero-order chi connectivity index (χ0) is 18.8. The molecule has 1 saturated heterocycles. The molecule has 142 valence electrons. The Morgan fingerprint density at radius 1 is 1.16 bits per heavy atom. The van der Waals surface area contributed by atoms with E-state index < -0.39 is 53.4 Å². The topological polar surface area (TPSA) is 146 Å². The first-order valence-electron chi connectivity index (χ1n) is 7.64. The summed E-state index contributed by atoms with van der Waals surface area (Å²) in [6, 6.07) is 6.13. The van der Waals surface area contributed by atoms with Crippen LogP contribution in [-0.4, -0.2) is 79.3 Å². The summed E-state index contributed by atoms with van der Waals surface area (Å²) in [5, 5.41) is 39.6. The number of methoxy groups -OCH3 is 1. The second-order valence-corrected chi connectivity index (χ2v) is 7.68. The maximum atomic E-state index is 12.2. The number of sulfonamides is 1. The maximum absolute atomic E-state index is 12.2. The molecule has 1 heterocycles. The van der Waals surface area contributed by atoms with E-state index in [9.17, 15) is 28.8 Å². The molecule has 6 atom stereocenters. The molecule has 9 nitrogen and oxygen atoms in total. The van der Waals surface area contributed by atoms with E-state index in [0.29, 0.717) is 0 Å². The summed E-state index contributed by atoms with van der Waals surface area (Å²) < 4.78 is 36.7. The zero-order valence-electron chi connectivity index (χ0n) is 13.8. The van der Waals surface area contributed by atoms with Gasteiger partial charge in [-0.3, -0.25) is 0 Å². The molecular weight excluding hydrogens is 354 g/mol.